The maximum Gasteiger partial charge on any atom is 0.180 e. The van der Waals surface area contributed by atoms with E-state index in [0.717, 1.165) is 0 Å². The Kier molecular flexibility index (Phi) is 10.6. The Balaban J connectivity index is 5.15. The number of hydrogen-bond donors (Lipinski definition) is 0. The van der Waals surface area contributed by atoms with Crippen LogP contribution in [0.25, 0.3) is 0 Å². The number of halogens is 4. The van der Waals surface area contributed by atoms with E-state index in [1.54, 1.807) is 0 Å². The van der Waals surface area contributed by atoms with E-state index in [1.165, 1.54) is 0 Å². The molecular weight excluding hydrogens is 695 g/mol. The fourth-order valence-corrected chi connectivity index (χ4v) is 151. The van der Waals surface area contributed by atoms with Gasteiger partial charge in [-0.25, -0.2) is 0 Å². The van der Waals surface area contributed by atoms with Gasteiger partial charge in [-0.2, -0.15) is 22.2 Å². The minimum Gasteiger partial charge on any atom is -0.168 e. The van der Waals surface area contributed by atoms with Crippen molar-refractivity contribution in [2.75, 3.05) is 0 Å². The molecule has 10 heteroatoms. The zero-order valence-corrected chi connectivity index (χ0v) is 41.5. The molecular formula is C32H72Cl4Si6. The topological polar surface area (TPSA) is 0 Å². The molecule has 0 saturated carbocycles. The van der Waals surface area contributed by atoms with E-state index < -0.39 is 52.6 Å². The van der Waals surface area contributed by atoms with E-state index in [4.69, 9.17) is 45.4 Å². The highest BCUT2D eigenvalue weighted by Crippen LogP contribution is 2.84. The summed E-state index contributed by atoms with van der Waals surface area (Å²) >= 11 is 36.4. The second-order valence-electron chi connectivity index (χ2n) is 21.6. The van der Waals surface area contributed by atoms with Gasteiger partial charge in [0.05, 0.1) is 38.8 Å². The molecule has 0 bridgehead atoms. The first-order valence-electron chi connectivity index (χ1n) is 16.3. The lowest BCUT2D eigenvalue weighted by atomic mass is 10.2. The minimum atomic E-state index is -3.19. The van der Waals surface area contributed by atoms with E-state index in [2.05, 4.69) is 164 Å². The number of rotatable bonds is 4. The van der Waals surface area contributed by atoms with Crippen LogP contribution < -0.4 is 0 Å². The maximum atomic E-state index is 9.15. The zero-order chi connectivity index (χ0) is 35.0. The van der Waals surface area contributed by atoms with Crippen molar-refractivity contribution in [3.8, 4) is 0 Å². The highest BCUT2D eigenvalue weighted by Gasteiger charge is 3.03. The van der Waals surface area contributed by atoms with Crippen LogP contribution in [0.1, 0.15) is 125 Å². The molecule has 0 atom stereocenters. The molecule has 42 heavy (non-hydrogen) atoms. The molecule has 1 rings (SSSR count). The van der Waals surface area contributed by atoms with Crippen molar-refractivity contribution in [1.82, 2.24) is 0 Å². The lowest BCUT2D eigenvalue weighted by Crippen LogP contribution is -3.14. The Bertz CT molecular complexity index is 920. The van der Waals surface area contributed by atoms with Gasteiger partial charge < -0.3 is 0 Å². The van der Waals surface area contributed by atoms with E-state index in [1.807, 2.05) is 0 Å². The molecule has 1 heterocycles. The van der Waals surface area contributed by atoms with Gasteiger partial charge >= 0.3 is 0 Å². The van der Waals surface area contributed by atoms with Gasteiger partial charge in [0.25, 0.3) is 0 Å². The van der Waals surface area contributed by atoms with Crippen molar-refractivity contribution in [3.63, 3.8) is 0 Å². The van der Waals surface area contributed by atoms with Gasteiger partial charge in [0, 0.05) is 0 Å². The van der Waals surface area contributed by atoms with Crippen LogP contribution in [-0.4, -0.2) is 52.6 Å². The van der Waals surface area contributed by atoms with Gasteiger partial charge in [-0.15, -0.1) is 23.2 Å². The third-order valence-electron chi connectivity index (χ3n) is 14.7. The highest BCUT2D eigenvalue weighted by molar-refractivity contribution is 7.91. The van der Waals surface area contributed by atoms with Gasteiger partial charge in [-0.3, -0.25) is 0 Å². The van der Waals surface area contributed by atoms with Gasteiger partial charge in [-0.05, 0) is 30.2 Å². The molecule has 0 unspecified atom stereocenters. The molecule has 0 nitrogen and oxygen atoms in total. The molecule has 0 aromatic rings. The smallest absolute Gasteiger partial charge is 0.168 e. The fraction of sp³-hybridized carbons (Fsp3) is 1.00. The van der Waals surface area contributed by atoms with E-state index in [-0.39, 0.29) is 30.2 Å². The zero-order valence-electron chi connectivity index (χ0n) is 32.5. The first-order valence-corrected chi connectivity index (χ1v) is 36.0. The third kappa shape index (κ3) is 4.42. The van der Waals surface area contributed by atoms with Gasteiger partial charge in [0.1, 0.15) is 0 Å². The Morgan fingerprint density at radius 2 is 0.500 bits per heavy atom. The van der Waals surface area contributed by atoms with Crippen molar-refractivity contribution >= 4 is 90.5 Å². The average Bonchev–Trinajstić information content (AvgIpc) is 2.70. The van der Waals surface area contributed by atoms with Crippen molar-refractivity contribution in [3.05, 3.63) is 0 Å². The van der Waals surface area contributed by atoms with Gasteiger partial charge in [0.2, 0.25) is 0 Å². The van der Waals surface area contributed by atoms with Crippen LogP contribution in [0.15, 0.2) is 0 Å². The van der Waals surface area contributed by atoms with Crippen LogP contribution in [0.4, 0.5) is 0 Å². The first kappa shape index (κ1) is 42.5. The monoisotopic (exact) mass is 764 g/mol. The standard InChI is InChI=1S/C32H72Cl4Si6/c1-25(2,3)37(19,20)31(33)41(35,39(23,27(7,8)9)28(10,11)12)32(34,38(21,22)26(4,5)6)42(31,36)40(24,29(13,14)15)30(16,17)18/h1-24H3. The largest absolute Gasteiger partial charge is 0.180 e. The Hall–Kier alpha value is 2.46. The summed E-state index contributed by atoms with van der Waals surface area (Å²) in [4.78, 5) is 0. The van der Waals surface area contributed by atoms with Crippen LogP contribution in [-0.2, 0) is 0 Å². The summed E-state index contributed by atoms with van der Waals surface area (Å²) in [6, 6.07) is 0. The predicted molar refractivity (Wildman–Crippen MR) is 217 cm³/mol. The summed E-state index contributed by atoms with van der Waals surface area (Å²) < 4.78 is -1.18. The van der Waals surface area contributed by atoms with Crippen molar-refractivity contribution in [2.24, 2.45) is 0 Å². The van der Waals surface area contributed by atoms with Crippen LogP contribution in [0, 0.1) is 0 Å². The molecule has 0 aliphatic carbocycles. The first-order chi connectivity index (χ1) is 17.5. The number of hydrogen-bond acceptors (Lipinski definition) is 0. The molecule has 0 spiro atoms. The molecule has 252 valence electrons. The Labute approximate surface area is 290 Å². The van der Waals surface area contributed by atoms with Gasteiger partial charge in [-0.1, -0.05) is 164 Å². The highest BCUT2D eigenvalue weighted by atomic mass is 35.6. The third-order valence-corrected chi connectivity index (χ3v) is 112. The molecule has 1 fully saturated rings. The van der Waals surface area contributed by atoms with E-state index in [9.17, 15) is 0 Å². The van der Waals surface area contributed by atoms with Crippen LogP contribution in [0.2, 0.25) is 69.5 Å². The minimum absolute atomic E-state index is 0.00171. The van der Waals surface area contributed by atoms with E-state index in [0.29, 0.717) is 0 Å². The lowest BCUT2D eigenvalue weighted by molar-refractivity contribution is 0.623. The molecule has 0 N–H and O–H groups in total. The fourth-order valence-electron chi connectivity index (χ4n) is 9.34. The maximum absolute atomic E-state index is 9.15. The quantitative estimate of drug-likeness (QED) is 0.152. The Morgan fingerprint density at radius 3 is 0.595 bits per heavy atom. The summed E-state index contributed by atoms with van der Waals surface area (Å²) in [6.45, 7) is 53.3. The van der Waals surface area contributed by atoms with Gasteiger partial charge in [0.15, 0.2) is 13.8 Å². The molecule has 1 saturated heterocycles. The van der Waals surface area contributed by atoms with Crippen molar-refractivity contribution in [2.45, 2.75) is 202 Å². The Morgan fingerprint density at radius 1 is 0.357 bits per heavy atom. The second kappa shape index (κ2) is 10.5. The summed E-state index contributed by atoms with van der Waals surface area (Å²) in [6.07, 6.45) is 0. The SMILES string of the molecule is CC(C)(C)[Si](C)(C)C1(Cl)[Si](Cl)([Si](C)(C(C)(C)C)C(C)(C)C)C(Cl)([Si](C)(C)C(C)(C)C)[Si]1(Cl)[Si](C)(C(C)(C)C)C(C)(C)C. The van der Waals surface area contributed by atoms with E-state index >= 15 is 0 Å². The van der Waals surface area contributed by atoms with Crippen molar-refractivity contribution < 1.29 is 0 Å². The normalized spacial score (nSPS) is 31.7. The van der Waals surface area contributed by atoms with Crippen LogP contribution in [0.5, 0.6) is 0 Å². The summed E-state index contributed by atoms with van der Waals surface area (Å²) in [5.74, 6) is 0. The summed E-state index contributed by atoms with van der Waals surface area (Å²) in [5, 5.41) is 0.0146. The molecule has 0 aromatic carbocycles. The van der Waals surface area contributed by atoms with Crippen molar-refractivity contribution in [1.29, 1.82) is 0 Å². The average molecular weight is 767 g/mol. The van der Waals surface area contributed by atoms with Crippen LogP contribution >= 0.6 is 45.4 Å². The van der Waals surface area contributed by atoms with Crippen LogP contribution in [0.3, 0.4) is 0 Å². The molecule has 1 aliphatic rings. The molecule has 0 aromatic heterocycles. The lowest BCUT2D eigenvalue weighted by Gasteiger charge is -2.88. The molecule has 0 amide bonds. The molecule has 1 aliphatic heterocycles. The molecule has 0 radical (unpaired) electrons. The second-order valence-corrected chi connectivity index (χ2v) is 70.6. The number of alkyl halides is 2. The predicted octanol–water partition coefficient (Wildman–Crippen LogP) is 14.1. The summed E-state index contributed by atoms with van der Waals surface area (Å²) in [7, 11) is -9.98. The summed E-state index contributed by atoms with van der Waals surface area (Å²) in [5.41, 5.74) is 0.